The molecule has 2 aromatic heterocycles. The molecule has 94 valence electrons. The standard InChI is InChI=1S/C12H7N3O3Se/c16-12-9-3-1-2-4-10(9)19-14(12)11-6-5-8(7-13-11)15(17)18/h1-7H. The van der Waals surface area contributed by atoms with Crippen LogP contribution in [0.15, 0.2) is 47.4 Å². The number of hydrogen-bond acceptors (Lipinski definition) is 4. The zero-order valence-electron chi connectivity index (χ0n) is 9.52. The Morgan fingerprint density at radius 1 is 1.21 bits per heavy atom. The summed E-state index contributed by atoms with van der Waals surface area (Å²) < 4.78 is 2.57. The first-order valence-electron chi connectivity index (χ1n) is 5.39. The predicted molar refractivity (Wildman–Crippen MR) is 70.9 cm³/mol. The second kappa shape index (κ2) is 4.46. The minimum atomic E-state index is -0.511. The number of benzene rings is 1. The molecule has 3 aromatic rings. The van der Waals surface area contributed by atoms with Crippen molar-refractivity contribution in [2.75, 3.05) is 0 Å². The Kier molecular flexibility index (Phi) is 2.77. The van der Waals surface area contributed by atoms with Crippen LogP contribution in [0.3, 0.4) is 0 Å². The molecule has 0 unspecified atom stereocenters. The van der Waals surface area contributed by atoms with Crippen molar-refractivity contribution in [3.63, 3.8) is 0 Å². The Bertz CT molecular complexity index is 820. The molecule has 6 nitrogen and oxygen atoms in total. The molecule has 0 fully saturated rings. The molecule has 0 saturated carbocycles. The van der Waals surface area contributed by atoms with Crippen molar-refractivity contribution in [2.45, 2.75) is 0 Å². The number of aromatic nitrogens is 2. The van der Waals surface area contributed by atoms with E-state index in [0.29, 0.717) is 11.2 Å². The summed E-state index contributed by atoms with van der Waals surface area (Å²) in [5.41, 5.74) is -0.183. The Morgan fingerprint density at radius 2 is 2.00 bits per heavy atom. The molecule has 0 amide bonds. The van der Waals surface area contributed by atoms with E-state index in [4.69, 9.17) is 0 Å². The van der Waals surface area contributed by atoms with Gasteiger partial charge >= 0.3 is 112 Å². The van der Waals surface area contributed by atoms with Gasteiger partial charge in [-0.1, -0.05) is 0 Å². The molecule has 7 heteroatoms. The van der Waals surface area contributed by atoms with E-state index < -0.39 is 4.92 Å². The van der Waals surface area contributed by atoms with Crippen molar-refractivity contribution >= 4 is 30.1 Å². The second-order valence-electron chi connectivity index (χ2n) is 3.82. The van der Waals surface area contributed by atoms with Gasteiger partial charge < -0.3 is 0 Å². The summed E-state index contributed by atoms with van der Waals surface area (Å²) in [4.78, 5) is 26.2. The average Bonchev–Trinajstić information content (AvgIpc) is 2.77. The van der Waals surface area contributed by atoms with Crippen LogP contribution in [0.5, 0.6) is 0 Å². The molecule has 0 N–H and O–H groups in total. The first kappa shape index (κ1) is 11.8. The van der Waals surface area contributed by atoms with Crippen LogP contribution in [0.1, 0.15) is 0 Å². The van der Waals surface area contributed by atoms with Gasteiger partial charge in [0, 0.05) is 0 Å². The molecule has 0 aliphatic carbocycles. The second-order valence-corrected chi connectivity index (χ2v) is 5.89. The normalized spacial score (nSPS) is 10.7. The molecular formula is C12H7N3O3Se. The fraction of sp³-hybridized carbons (Fsp3) is 0. The fourth-order valence-corrected chi connectivity index (χ4v) is 3.77. The molecule has 0 bridgehead atoms. The Balaban J connectivity index is 2.16. The molecular weight excluding hydrogens is 313 g/mol. The van der Waals surface area contributed by atoms with E-state index in [0.717, 1.165) is 4.26 Å². The molecule has 0 aliphatic heterocycles. The number of nitro groups is 1. The first-order chi connectivity index (χ1) is 9.16. The number of nitrogens with zero attached hydrogens (tertiary/aromatic N) is 3. The third-order valence-corrected chi connectivity index (χ3v) is 4.93. The quantitative estimate of drug-likeness (QED) is 0.406. The number of rotatable bonds is 2. The summed E-state index contributed by atoms with van der Waals surface area (Å²) in [5, 5.41) is 11.2. The van der Waals surface area contributed by atoms with Gasteiger partial charge in [0.05, 0.1) is 0 Å². The predicted octanol–water partition coefficient (Wildman–Crippen LogP) is 1.35. The van der Waals surface area contributed by atoms with Gasteiger partial charge in [0.25, 0.3) is 0 Å². The van der Waals surface area contributed by atoms with Crippen molar-refractivity contribution in [1.82, 2.24) is 8.55 Å². The molecule has 19 heavy (non-hydrogen) atoms. The summed E-state index contributed by atoms with van der Waals surface area (Å²) in [6.45, 7) is 0. The minimum absolute atomic E-state index is 0.0830. The van der Waals surface area contributed by atoms with E-state index in [-0.39, 0.29) is 26.0 Å². The SMILES string of the molecule is O=c1c2ccccc2[se]n1-c1ccc([N+](=O)[O-])cn1. The van der Waals surface area contributed by atoms with Gasteiger partial charge in [0.2, 0.25) is 0 Å². The van der Waals surface area contributed by atoms with Crippen LogP contribution >= 0.6 is 0 Å². The Morgan fingerprint density at radius 3 is 2.63 bits per heavy atom. The summed E-state index contributed by atoms with van der Waals surface area (Å²) in [6.07, 6.45) is 1.17. The number of fused-ring (bicyclic) bond motifs is 1. The molecule has 1 aromatic carbocycles. The zero-order chi connectivity index (χ0) is 13.4. The number of hydrogen-bond donors (Lipinski definition) is 0. The van der Waals surface area contributed by atoms with Crippen LogP contribution in [0.25, 0.3) is 15.5 Å². The molecule has 2 heterocycles. The van der Waals surface area contributed by atoms with Crippen molar-refractivity contribution in [3.8, 4) is 5.82 Å². The van der Waals surface area contributed by atoms with E-state index in [2.05, 4.69) is 4.98 Å². The summed E-state index contributed by atoms with van der Waals surface area (Å²) in [6, 6.07) is 10.3. The van der Waals surface area contributed by atoms with Crippen molar-refractivity contribution in [2.24, 2.45) is 0 Å². The summed E-state index contributed by atoms with van der Waals surface area (Å²) >= 11 is -0.170. The van der Waals surface area contributed by atoms with Gasteiger partial charge in [0.1, 0.15) is 0 Å². The average molecular weight is 320 g/mol. The van der Waals surface area contributed by atoms with Crippen LogP contribution in [-0.2, 0) is 0 Å². The Hall–Kier alpha value is -2.24. The molecule has 0 spiro atoms. The third kappa shape index (κ3) is 1.99. The Labute approximate surface area is 113 Å². The van der Waals surface area contributed by atoms with Gasteiger partial charge in [-0.15, -0.1) is 0 Å². The summed E-state index contributed by atoms with van der Waals surface area (Å²) in [7, 11) is 0. The topological polar surface area (TPSA) is 78.0 Å². The van der Waals surface area contributed by atoms with E-state index in [1.54, 1.807) is 9.63 Å². The van der Waals surface area contributed by atoms with E-state index in [1.165, 1.54) is 18.3 Å². The van der Waals surface area contributed by atoms with Gasteiger partial charge in [-0.3, -0.25) is 0 Å². The summed E-state index contributed by atoms with van der Waals surface area (Å²) in [5.74, 6) is 0.451. The molecule has 0 atom stereocenters. The van der Waals surface area contributed by atoms with E-state index >= 15 is 0 Å². The van der Waals surface area contributed by atoms with Crippen LogP contribution < -0.4 is 5.56 Å². The van der Waals surface area contributed by atoms with Crippen LogP contribution in [-0.4, -0.2) is 28.2 Å². The van der Waals surface area contributed by atoms with E-state index in [9.17, 15) is 14.9 Å². The number of pyridine rings is 1. The molecule has 0 radical (unpaired) electrons. The van der Waals surface area contributed by atoms with E-state index in [1.807, 2.05) is 18.2 Å². The van der Waals surface area contributed by atoms with Crippen LogP contribution in [0, 0.1) is 10.1 Å². The van der Waals surface area contributed by atoms with Gasteiger partial charge in [0.15, 0.2) is 0 Å². The van der Waals surface area contributed by atoms with Crippen LogP contribution in [0.2, 0.25) is 0 Å². The van der Waals surface area contributed by atoms with Crippen molar-refractivity contribution in [1.29, 1.82) is 0 Å². The van der Waals surface area contributed by atoms with Gasteiger partial charge in [-0.05, 0) is 0 Å². The monoisotopic (exact) mass is 321 g/mol. The molecule has 3 rings (SSSR count). The fourth-order valence-electron chi connectivity index (χ4n) is 1.73. The van der Waals surface area contributed by atoms with Gasteiger partial charge in [-0.25, -0.2) is 0 Å². The third-order valence-electron chi connectivity index (χ3n) is 2.64. The zero-order valence-corrected chi connectivity index (χ0v) is 11.2. The maximum absolute atomic E-state index is 12.2. The van der Waals surface area contributed by atoms with Crippen molar-refractivity contribution < 1.29 is 4.92 Å². The molecule has 0 saturated heterocycles. The molecule has 0 aliphatic rings. The van der Waals surface area contributed by atoms with Crippen LogP contribution in [0.4, 0.5) is 5.69 Å². The first-order valence-corrected chi connectivity index (χ1v) is 7.01. The maximum atomic E-state index is 12.2. The van der Waals surface area contributed by atoms with Crippen molar-refractivity contribution in [3.05, 3.63) is 63.1 Å². The van der Waals surface area contributed by atoms with Gasteiger partial charge in [-0.2, -0.15) is 0 Å².